The van der Waals surface area contributed by atoms with Crippen LogP contribution in [0.15, 0.2) is 132 Å². The van der Waals surface area contributed by atoms with Crippen LogP contribution in [-0.4, -0.2) is 82.8 Å². The number of fused-ring (bicyclic) bond motifs is 3. The van der Waals surface area contributed by atoms with Crippen LogP contribution in [0.4, 0.5) is 0 Å². The first-order chi connectivity index (χ1) is 36.2. The van der Waals surface area contributed by atoms with Crippen LogP contribution in [-0.2, 0) is 41.9 Å². The van der Waals surface area contributed by atoms with Crippen LogP contribution in [0, 0.1) is 0 Å². The lowest BCUT2D eigenvalue weighted by Gasteiger charge is -2.30. The summed E-state index contributed by atoms with van der Waals surface area (Å²) >= 11 is 0. The third kappa shape index (κ3) is 7.20. The van der Waals surface area contributed by atoms with Crippen molar-refractivity contribution >= 4 is 113 Å². The van der Waals surface area contributed by atoms with E-state index in [9.17, 15) is 47.9 Å². The number of ketones is 2. The number of nitrogens with zero attached hydrogens (tertiary/aromatic N) is 2. The SMILES string of the molecule is COc1ccc(CN2C(=O)c3ccc4c5ccc6c7c(ccc(c8ccc(c3c48)C2=O)c75)C(=O)N(Cc2ccc(OC)cc2)C6=O)cc1.O=C1CC(=O)/C(=C2\C/C(=C3\C(=O)CC(=O)NC3=O)c3ccccc32)C(=O)N1. The lowest BCUT2D eigenvalue weighted by molar-refractivity contribution is -0.137. The van der Waals surface area contributed by atoms with Crippen molar-refractivity contribution in [2.75, 3.05) is 14.2 Å². The van der Waals surface area contributed by atoms with Crippen molar-refractivity contribution in [1.82, 2.24) is 20.4 Å². The van der Waals surface area contributed by atoms with Gasteiger partial charge in [0.05, 0.1) is 51.3 Å². The number of ether oxygens (including phenoxy) is 2. The molecule has 0 bridgehead atoms. The largest absolute Gasteiger partial charge is 0.497 e. The van der Waals surface area contributed by atoms with Crippen molar-refractivity contribution in [3.8, 4) is 11.5 Å². The molecule has 2 N–H and O–H groups in total. The summed E-state index contributed by atoms with van der Waals surface area (Å²) in [5, 5.41) is 10.6. The lowest BCUT2D eigenvalue weighted by atomic mass is 9.82. The van der Waals surface area contributed by atoms with Crippen LogP contribution < -0.4 is 20.1 Å². The summed E-state index contributed by atoms with van der Waals surface area (Å²) in [7, 11) is 3.18. The Morgan fingerprint density at radius 3 is 1.03 bits per heavy atom. The van der Waals surface area contributed by atoms with Gasteiger partial charge in [-0.1, -0.05) is 72.8 Å². The Balaban J connectivity index is 0.000000179. The van der Waals surface area contributed by atoms with E-state index in [-0.39, 0.29) is 54.3 Å². The summed E-state index contributed by atoms with van der Waals surface area (Å²) < 4.78 is 10.5. The summed E-state index contributed by atoms with van der Waals surface area (Å²) in [5.41, 5.74) is 5.02. The molecule has 8 aromatic carbocycles. The monoisotopic (exact) mass is 994 g/mol. The van der Waals surface area contributed by atoms with Crippen LogP contribution in [0.3, 0.4) is 0 Å². The minimum absolute atomic E-state index is 0.00468. The third-order valence-electron chi connectivity index (χ3n) is 14.5. The van der Waals surface area contributed by atoms with Crippen molar-refractivity contribution in [2.45, 2.75) is 32.4 Å². The second-order valence-electron chi connectivity index (χ2n) is 18.6. The van der Waals surface area contributed by atoms with Crippen molar-refractivity contribution in [3.05, 3.63) is 177 Å². The van der Waals surface area contributed by atoms with Crippen molar-refractivity contribution < 1.29 is 57.4 Å². The molecule has 8 aromatic rings. The van der Waals surface area contributed by atoms with Gasteiger partial charge >= 0.3 is 0 Å². The Labute approximate surface area is 424 Å². The lowest BCUT2D eigenvalue weighted by Crippen LogP contribution is -2.41. The number of carbonyl (C=O) groups is 10. The number of piperidine rings is 2. The molecule has 16 heteroatoms. The molecule has 0 atom stereocenters. The zero-order chi connectivity index (χ0) is 52.1. The Hall–Kier alpha value is -9.96. The standard InChI is InChI=1S/C40H26N2O6.C19H12N2O6/c1-47-23-7-3-21(4-8-23)19-41-37(43)29-15-11-25-27-13-17-31-36-32(40(46)42(39(31)45)20-22-5-9-24(48-2)10-6-22)18-14-28(34(27)36)26-12-16-30(38(41)44)35(29)33(25)26;22-12-6-14(24)20-18(26)16(12)10-5-11(9-4-2-1-3-8(9)10)17-13(23)7-15(25)21-19(17)27/h3-18H,19-20H2,1-2H3;1-4H,5-7H2,(H,20,24,26)(H,21,25,27)/b;16-10-,17-11-. The fraction of sp³-hybridized carbons (Fsp3) is 0.119. The van der Waals surface area contributed by atoms with Gasteiger partial charge in [0.1, 0.15) is 11.5 Å². The van der Waals surface area contributed by atoms with Crippen LogP contribution >= 0.6 is 0 Å². The third-order valence-corrected chi connectivity index (χ3v) is 14.5. The fourth-order valence-corrected chi connectivity index (χ4v) is 11.1. The highest BCUT2D eigenvalue weighted by atomic mass is 16.5. The van der Waals surface area contributed by atoms with E-state index in [4.69, 9.17) is 9.47 Å². The molecule has 2 fully saturated rings. The van der Waals surface area contributed by atoms with Gasteiger partial charge in [-0.25, -0.2) is 0 Å². The molecule has 13 rings (SSSR count). The molecule has 8 amide bonds. The Bertz CT molecular complexity index is 3670. The van der Waals surface area contributed by atoms with Crippen LogP contribution in [0.5, 0.6) is 11.5 Å². The van der Waals surface area contributed by atoms with Gasteiger partial charge in [-0.05, 0) is 114 Å². The van der Waals surface area contributed by atoms with Crippen LogP contribution in [0.25, 0.3) is 54.2 Å². The van der Waals surface area contributed by atoms with Crippen molar-refractivity contribution in [3.63, 3.8) is 0 Å². The molecule has 0 spiro atoms. The number of methoxy groups -OCH3 is 2. The highest BCUT2D eigenvalue weighted by molar-refractivity contribution is 6.42. The molecule has 5 aliphatic rings. The van der Waals surface area contributed by atoms with Gasteiger partial charge in [0, 0.05) is 39.4 Å². The molecule has 0 unspecified atom stereocenters. The number of carbonyl (C=O) groups excluding carboxylic acids is 10. The topological polar surface area (TPSA) is 220 Å². The molecular weight excluding hydrogens is 957 g/mol. The van der Waals surface area contributed by atoms with Gasteiger partial charge < -0.3 is 9.47 Å². The van der Waals surface area contributed by atoms with E-state index < -0.39 is 48.0 Å². The number of benzene rings is 8. The van der Waals surface area contributed by atoms with Gasteiger partial charge in [-0.3, -0.25) is 68.4 Å². The second kappa shape index (κ2) is 17.4. The molecule has 75 heavy (non-hydrogen) atoms. The normalized spacial score (nSPS) is 18.3. The molecule has 2 saturated heterocycles. The van der Waals surface area contributed by atoms with Gasteiger partial charge in [0.15, 0.2) is 11.6 Å². The molecular formula is C59H38N4O12. The fourth-order valence-electron chi connectivity index (χ4n) is 11.1. The Morgan fingerprint density at radius 1 is 0.387 bits per heavy atom. The zero-order valence-corrected chi connectivity index (χ0v) is 39.9. The molecule has 366 valence electrons. The Kier molecular flexibility index (Phi) is 10.7. The molecule has 0 aromatic heterocycles. The predicted molar refractivity (Wildman–Crippen MR) is 272 cm³/mol. The number of rotatable bonds is 6. The van der Waals surface area contributed by atoms with Crippen molar-refractivity contribution in [1.29, 1.82) is 0 Å². The van der Waals surface area contributed by atoms with Gasteiger partial charge in [-0.2, -0.15) is 0 Å². The van der Waals surface area contributed by atoms with Crippen LogP contribution in [0.1, 0.15) is 82.9 Å². The van der Waals surface area contributed by atoms with Gasteiger partial charge in [0.2, 0.25) is 11.8 Å². The average molecular weight is 995 g/mol. The number of hydrogen-bond acceptors (Lipinski definition) is 12. The first-order valence-electron chi connectivity index (χ1n) is 23.7. The van der Waals surface area contributed by atoms with E-state index in [1.807, 2.05) is 48.5 Å². The number of allylic oxidation sites excluding steroid dienone is 2. The van der Waals surface area contributed by atoms with Gasteiger partial charge in [-0.15, -0.1) is 0 Å². The van der Waals surface area contributed by atoms with Crippen molar-refractivity contribution in [2.24, 2.45) is 0 Å². The van der Waals surface area contributed by atoms with E-state index in [1.165, 1.54) is 9.80 Å². The number of amides is 8. The number of nitrogens with one attached hydrogen (secondary N) is 2. The zero-order valence-electron chi connectivity index (χ0n) is 39.9. The maximum atomic E-state index is 13.9. The maximum absolute atomic E-state index is 13.9. The molecule has 0 saturated carbocycles. The first kappa shape index (κ1) is 46.1. The highest BCUT2D eigenvalue weighted by Crippen LogP contribution is 2.48. The second-order valence-corrected chi connectivity index (χ2v) is 18.6. The van der Waals surface area contributed by atoms with E-state index in [0.29, 0.717) is 66.8 Å². The Morgan fingerprint density at radius 2 is 0.720 bits per heavy atom. The average Bonchev–Trinajstić information content (AvgIpc) is 3.79. The van der Waals surface area contributed by atoms with E-state index in [0.717, 1.165) is 43.4 Å². The quantitative estimate of drug-likeness (QED) is 0.0423. The number of imide groups is 4. The summed E-state index contributed by atoms with van der Waals surface area (Å²) in [6.07, 6.45) is -0.871. The van der Waals surface area contributed by atoms with Gasteiger partial charge in [0.25, 0.3) is 35.4 Å². The van der Waals surface area contributed by atoms with E-state index in [2.05, 4.69) is 10.6 Å². The van der Waals surface area contributed by atoms with E-state index >= 15 is 0 Å². The summed E-state index contributed by atoms with van der Waals surface area (Å²) in [6, 6.07) is 36.2. The molecule has 16 nitrogen and oxygen atoms in total. The molecule has 4 aliphatic heterocycles. The highest BCUT2D eigenvalue weighted by Gasteiger charge is 2.40. The van der Waals surface area contributed by atoms with Crippen LogP contribution in [0.2, 0.25) is 0 Å². The number of hydrogen-bond donors (Lipinski definition) is 2. The molecule has 1 aliphatic carbocycles. The maximum Gasteiger partial charge on any atom is 0.261 e. The minimum Gasteiger partial charge on any atom is -0.497 e. The summed E-state index contributed by atoms with van der Waals surface area (Å²) in [4.78, 5) is 130. The molecule has 0 radical (unpaired) electrons. The molecule has 4 heterocycles. The number of Topliss-reactive ketones (excluding diaryl/α,β-unsaturated/α-hetero) is 2. The summed E-state index contributed by atoms with van der Waals surface area (Å²) in [5.74, 6) is -4.13. The smallest absolute Gasteiger partial charge is 0.261 e. The van der Waals surface area contributed by atoms with E-state index in [1.54, 1.807) is 87.0 Å². The minimum atomic E-state index is -0.790. The first-order valence-corrected chi connectivity index (χ1v) is 23.7. The summed E-state index contributed by atoms with van der Waals surface area (Å²) in [6.45, 7) is 0.272. The predicted octanol–water partition coefficient (Wildman–Crippen LogP) is 7.18.